The number of halogens is 8. The summed E-state index contributed by atoms with van der Waals surface area (Å²) in [4.78, 5) is 8.43. The molecule has 136 valence electrons. The quantitative estimate of drug-likeness (QED) is 0.723. The SMILES string of the molecule is Cc1cc(S(F)(F)(F)(F)F)cc2c1OC(C(F)(F)F)C(C(=O)[O-])=C2. The van der Waals surface area contributed by atoms with Crippen LogP contribution in [0.5, 0.6) is 5.75 Å². The van der Waals surface area contributed by atoms with E-state index in [0.717, 1.165) is 6.92 Å². The summed E-state index contributed by atoms with van der Waals surface area (Å²) in [6, 6.07) is -0.203. The van der Waals surface area contributed by atoms with Crippen molar-refractivity contribution in [2.45, 2.75) is 24.1 Å². The second-order valence-electron chi connectivity index (χ2n) is 5.05. The lowest BCUT2D eigenvalue weighted by Crippen LogP contribution is -2.44. The maximum Gasteiger partial charge on any atom is 0.429 e. The molecule has 1 aliphatic rings. The summed E-state index contributed by atoms with van der Waals surface area (Å²) in [6.45, 7) is 0.830. The minimum Gasteiger partial charge on any atom is -0.545 e. The van der Waals surface area contributed by atoms with Crippen molar-refractivity contribution in [1.82, 2.24) is 0 Å². The Morgan fingerprint density at radius 1 is 1.17 bits per heavy atom. The third kappa shape index (κ3) is 3.42. The van der Waals surface area contributed by atoms with Crippen molar-refractivity contribution in [2.24, 2.45) is 0 Å². The molecule has 1 atom stereocenters. The van der Waals surface area contributed by atoms with Gasteiger partial charge in [0.25, 0.3) is 0 Å². The Balaban J connectivity index is 2.73. The largest absolute Gasteiger partial charge is 0.545 e. The number of fused-ring (bicyclic) bond motifs is 1. The summed E-state index contributed by atoms with van der Waals surface area (Å²) in [6.07, 6.45) is -8.00. The van der Waals surface area contributed by atoms with Crippen LogP contribution in [-0.2, 0) is 4.79 Å². The van der Waals surface area contributed by atoms with Gasteiger partial charge in [0.15, 0.2) is 0 Å². The number of carbonyl (C=O) groups is 1. The Morgan fingerprint density at radius 3 is 2.12 bits per heavy atom. The molecular formula is C12H7F8O3S-. The molecule has 3 nitrogen and oxygen atoms in total. The van der Waals surface area contributed by atoms with Gasteiger partial charge in [-0.1, -0.05) is 19.4 Å². The molecular weight excluding hydrogens is 376 g/mol. The maximum absolute atomic E-state index is 12.8. The van der Waals surface area contributed by atoms with E-state index in [9.17, 15) is 42.5 Å². The van der Waals surface area contributed by atoms with E-state index in [4.69, 9.17) is 0 Å². The monoisotopic (exact) mass is 383 g/mol. The molecule has 0 fully saturated rings. The number of carboxylic acids is 1. The van der Waals surface area contributed by atoms with Crippen molar-refractivity contribution in [2.75, 3.05) is 0 Å². The molecule has 0 amide bonds. The van der Waals surface area contributed by atoms with Crippen molar-refractivity contribution < 1.29 is 47.2 Å². The number of benzene rings is 1. The van der Waals surface area contributed by atoms with Gasteiger partial charge in [-0.05, 0) is 30.7 Å². The fraction of sp³-hybridized carbons (Fsp3) is 0.250. The molecule has 1 heterocycles. The first-order valence-corrected chi connectivity index (χ1v) is 7.90. The Morgan fingerprint density at radius 2 is 1.71 bits per heavy atom. The number of carbonyl (C=O) groups excluding carboxylic acids is 1. The van der Waals surface area contributed by atoms with Gasteiger partial charge in [-0.15, -0.1) is 0 Å². The number of ether oxygens (including phenoxy) is 1. The molecule has 0 N–H and O–H groups in total. The molecule has 1 unspecified atom stereocenters. The van der Waals surface area contributed by atoms with Crippen LogP contribution in [0.3, 0.4) is 0 Å². The molecule has 0 radical (unpaired) electrons. The number of rotatable bonds is 2. The van der Waals surface area contributed by atoms with E-state index >= 15 is 0 Å². The van der Waals surface area contributed by atoms with Crippen LogP contribution in [0, 0.1) is 6.92 Å². The molecule has 1 aromatic rings. The predicted octanol–water partition coefficient (Wildman–Crippen LogP) is 4.11. The Hall–Kier alpha value is -1.98. The highest BCUT2D eigenvalue weighted by molar-refractivity contribution is 8.45. The highest BCUT2D eigenvalue weighted by Gasteiger charge is 2.65. The zero-order chi connectivity index (χ0) is 18.8. The molecule has 2 rings (SSSR count). The summed E-state index contributed by atoms with van der Waals surface area (Å²) in [7, 11) is -10.1. The van der Waals surface area contributed by atoms with Crippen LogP contribution < -0.4 is 9.84 Å². The zero-order valence-corrected chi connectivity index (χ0v) is 12.3. The molecule has 0 saturated carbocycles. The normalized spacial score (nSPS) is 21.0. The Kier molecular flexibility index (Phi) is 3.33. The smallest absolute Gasteiger partial charge is 0.429 e. The third-order valence-corrected chi connectivity index (χ3v) is 4.21. The van der Waals surface area contributed by atoms with Crippen molar-refractivity contribution in [3.63, 3.8) is 0 Å². The van der Waals surface area contributed by atoms with E-state index in [1.807, 2.05) is 0 Å². The van der Waals surface area contributed by atoms with Gasteiger partial charge >= 0.3 is 16.4 Å². The van der Waals surface area contributed by atoms with Crippen LogP contribution in [0.2, 0.25) is 0 Å². The van der Waals surface area contributed by atoms with Crippen molar-refractivity contribution in [3.05, 3.63) is 28.8 Å². The van der Waals surface area contributed by atoms with E-state index in [0.29, 0.717) is 0 Å². The standard InChI is InChI=1S/C12H8F8O3S/c1-5-2-7(24(16,17,18,19)20)3-6-4-8(11(21)22)10(12(13,14)15)23-9(5)6/h2-4,10H,1H3,(H,21,22)/p-1. The van der Waals surface area contributed by atoms with Crippen LogP contribution in [0.1, 0.15) is 11.1 Å². The van der Waals surface area contributed by atoms with E-state index in [1.165, 1.54) is 0 Å². The fourth-order valence-corrected chi connectivity index (χ4v) is 2.84. The average Bonchev–Trinajstić information content (AvgIpc) is 2.33. The second kappa shape index (κ2) is 4.35. The summed E-state index contributed by atoms with van der Waals surface area (Å²) in [5, 5.41) is 10.8. The van der Waals surface area contributed by atoms with E-state index in [1.54, 1.807) is 0 Å². The number of carboxylic acid groups (broad SMARTS) is 1. The van der Waals surface area contributed by atoms with Crippen molar-refractivity contribution >= 4 is 22.3 Å². The minimum absolute atomic E-state index is 0.0499. The fourth-order valence-electron chi connectivity index (χ4n) is 2.09. The van der Waals surface area contributed by atoms with Gasteiger partial charge in [0.1, 0.15) is 10.6 Å². The predicted molar refractivity (Wildman–Crippen MR) is 66.0 cm³/mol. The molecule has 1 aromatic carbocycles. The minimum atomic E-state index is -10.1. The van der Waals surface area contributed by atoms with Crippen molar-refractivity contribution in [3.8, 4) is 5.75 Å². The summed E-state index contributed by atoms with van der Waals surface area (Å²) < 4.78 is 107. The lowest BCUT2D eigenvalue weighted by atomic mass is 9.99. The van der Waals surface area contributed by atoms with Crippen LogP contribution in [0.25, 0.3) is 6.08 Å². The molecule has 0 aromatic heterocycles. The molecule has 12 heteroatoms. The van der Waals surface area contributed by atoms with Crippen LogP contribution in [0.4, 0.5) is 32.6 Å². The maximum atomic E-state index is 12.8. The van der Waals surface area contributed by atoms with Gasteiger partial charge in [-0.2, -0.15) is 13.2 Å². The van der Waals surface area contributed by atoms with Gasteiger partial charge in [-0.25, -0.2) is 0 Å². The van der Waals surface area contributed by atoms with Crippen LogP contribution in [-0.4, -0.2) is 18.2 Å². The number of aliphatic carboxylic acids is 1. The third-order valence-electron chi connectivity index (χ3n) is 3.08. The molecule has 24 heavy (non-hydrogen) atoms. The van der Waals surface area contributed by atoms with Gasteiger partial charge < -0.3 is 14.6 Å². The lowest BCUT2D eigenvalue weighted by molar-refractivity contribution is -0.302. The van der Waals surface area contributed by atoms with E-state index in [-0.39, 0.29) is 18.2 Å². The first kappa shape index (κ1) is 18.4. The van der Waals surface area contributed by atoms with Crippen LogP contribution in [0.15, 0.2) is 22.6 Å². The highest BCUT2D eigenvalue weighted by Crippen LogP contribution is 3.02. The van der Waals surface area contributed by atoms with Crippen LogP contribution >= 0.6 is 10.2 Å². The molecule has 0 aliphatic carbocycles. The topological polar surface area (TPSA) is 49.4 Å². The Labute approximate surface area is 129 Å². The summed E-state index contributed by atoms with van der Waals surface area (Å²) in [5.41, 5.74) is -3.04. The van der Waals surface area contributed by atoms with Gasteiger partial charge in [0.2, 0.25) is 6.10 Å². The average molecular weight is 383 g/mol. The van der Waals surface area contributed by atoms with Crippen molar-refractivity contribution in [1.29, 1.82) is 0 Å². The Bertz CT molecular complexity index is 763. The summed E-state index contributed by atoms with van der Waals surface area (Å²) >= 11 is 0. The van der Waals surface area contributed by atoms with E-state index < -0.39 is 55.8 Å². The number of hydrogen-bond donors (Lipinski definition) is 0. The molecule has 0 saturated heterocycles. The van der Waals surface area contributed by atoms with E-state index in [2.05, 4.69) is 4.74 Å². The zero-order valence-electron chi connectivity index (χ0n) is 11.5. The number of hydrogen-bond acceptors (Lipinski definition) is 3. The lowest BCUT2D eigenvalue weighted by Gasteiger charge is -2.41. The number of aryl methyl sites for hydroxylation is 1. The molecule has 0 bridgehead atoms. The highest BCUT2D eigenvalue weighted by atomic mass is 32.5. The molecule has 1 aliphatic heterocycles. The van der Waals surface area contributed by atoms with Gasteiger partial charge in [0, 0.05) is 11.1 Å². The van der Waals surface area contributed by atoms with Gasteiger partial charge in [0.05, 0.1) is 5.97 Å². The first-order chi connectivity index (χ1) is 10.4. The second-order valence-corrected chi connectivity index (χ2v) is 7.46. The first-order valence-electron chi connectivity index (χ1n) is 5.95. The van der Waals surface area contributed by atoms with Gasteiger partial charge in [-0.3, -0.25) is 0 Å². The summed E-state index contributed by atoms with van der Waals surface area (Å²) in [5.74, 6) is -3.12. The number of alkyl halides is 3. The molecule has 0 spiro atoms.